The van der Waals surface area contributed by atoms with Crippen LogP contribution in [0.15, 0.2) is 41.0 Å². The number of furan rings is 1. The molecule has 0 fully saturated rings. The fourth-order valence-electron chi connectivity index (χ4n) is 2.38. The Hall–Kier alpha value is -2.43. The maximum atomic E-state index is 12.6. The quantitative estimate of drug-likeness (QED) is 0.862. The third-order valence-electron chi connectivity index (χ3n) is 3.54. The molecule has 0 aliphatic carbocycles. The van der Waals surface area contributed by atoms with Crippen LogP contribution in [0.25, 0.3) is 0 Å². The summed E-state index contributed by atoms with van der Waals surface area (Å²) in [6.07, 6.45) is 1.51. The van der Waals surface area contributed by atoms with Gasteiger partial charge in [0.2, 0.25) is 0 Å². The lowest BCUT2D eigenvalue weighted by atomic mass is 10.1. The number of nitrogen functional groups attached to an aromatic ring is 1. The molecule has 0 spiro atoms. The number of nitrogens with two attached hydrogens (primary N) is 1. The first-order chi connectivity index (χ1) is 10.4. The number of hydrogen-bond acceptors (Lipinski definition) is 4. The van der Waals surface area contributed by atoms with E-state index in [0.29, 0.717) is 18.0 Å². The van der Waals surface area contributed by atoms with Crippen molar-refractivity contribution in [3.05, 3.63) is 47.9 Å². The van der Waals surface area contributed by atoms with Crippen molar-refractivity contribution in [1.29, 1.82) is 0 Å². The van der Waals surface area contributed by atoms with Gasteiger partial charge in [-0.05, 0) is 49.7 Å². The van der Waals surface area contributed by atoms with Crippen molar-refractivity contribution in [3.8, 4) is 0 Å². The predicted molar refractivity (Wildman–Crippen MR) is 88.9 cm³/mol. The second-order valence-corrected chi connectivity index (χ2v) is 5.79. The Morgan fingerprint density at radius 2 is 2.00 bits per heavy atom. The first-order valence-electron chi connectivity index (χ1n) is 7.30. The molecule has 2 N–H and O–H groups in total. The van der Waals surface area contributed by atoms with Gasteiger partial charge in [0, 0.05) is 38.1 Å². The summed E-state index contributed by atoms with van der Waals surface area (Å²) in [5.74, 6) is 0.233. The SMILES string of the molecule is CC(C)N(Cc1cc(N)ccc1N(C)C)C(=O)c1ccco1. The molecule has 0 saturated carbocycles. The summed E-state index contributed by atoms with van der Waals surface area (Å²) < 4.78 is 5.24. The van der Waals surface area contributed by atoms with Crippen LogP contribution in [-0.4, -0.2) is 30.9 Å². The van der Waals surface area contributed by atoms with E-state index in [0.717, 1.165) is 11.3 Å². The lowest BCUT2D eigenvalue weighted by Gasteiger charge is -2.28. The van der Waals surface area contributed by atoms with Crippen molar-refractivity contribution in [1.82, 2.24) is 4.90 Å². The Morgan fingerprint density at radius 1 is 1.27 bits per heavy atom. The van der Waals surface area contributed by atoms with Gasteiger partial charge in [-0.3, -0.25) is 4.79 Å². The van der Waals surface area contributed by atoms with Crippen LogP contribution in [0.4, 0.5) is 11.4 Å². The summed E-state index contributed by atoms with van der Waals surface area (Å²) in [5.41, 5.74) is 8.66. The number of anilines is 2. The highest BCUT2D eigenvalue weighted by Gasteiger charge is 2.22. The van der Waals surface area contributed by atoms with Gasteiger partial charge in [-0.2, -0.15) is 0 Å². The maximum absolute atomic E-state index is 12.6. The average Bonchev–Trinajstić information content (AvgIpc) is 2.97. The second kappa shape index (κ2) is 6.56. The van der Waals surface area contributed by atoms with Gasteiger partial charge in [0.25, 0.3) is 5.91 Å². The van der Waals surface area contributed by atoms with E-state index in [1.807, 2.05) is 51.0 Å². The van der Waals surface area contributed by atoms with E-state index in [4.69, 9.17) is 10.2 Å². The third kappa shape index (κ3) is 3.42. The molecule has 5 nitrogen and oxygen atoms in total. The Kier molecular flexibility index (Phi) is 4.75. The predicted octanol–water partition coefficient (Wildman–Crippen LogP) is 2.98. The van der Waals surface area contributed by atoms with Crippen molar-refractivity contribution in [3.63, 3.8) is 0 Å². The Bertz CT molecular complexity index is 633. The van der Waals surface area contributed by atoms with Gasteiger partial charge >= 0.3 is 0 Å². The van der Waals surface area contributed by atoms with Gasteiger partial charge in [-0.1, -0.05) is 0 Å². The van der Waals surface area contributed by atoms with E-state index in [2.05, 4.69) is 0 Å². The first-order valence-corrected chi connectivity index (χ1v) is 7.30. The number of carbonyl (C=O) groups excluding carboxylic acids is 1. The van der Waals surface area contributed by atoms with Crippen LogP contribution < -0.4 is 10.6 Å². The highest BCUT2D eigenvalue weighted by molar-refractivity contribution is 5.91. The van der Waals surface area contributed by atoms with Crippen LogP contribution in [0.3, 0.4) is 0 Å². The van der Waals surface area contributed by atoms with E-state index < -0.39 is 0 Å². The van der Waals surface area contributed by atoms with Crippen molar-refractivity contribution in [2.24, 2.45) is 0 Å². The molecular weight excluding hydrogens is 278 g/mol. The van der Waals surface area contributed by atoms with Crippen LogP contribution in [0, 0.1) is 0 Å². The van der Waals surface area contributed by atoms with Crippen molar-refractivity contribution in [2.45, 2.75) is 26.4 Å². The zero-order chi connectivity index (χ0) is 16.3. The number of hydrogen-bond donors (Lipinski definition) is 1. The first kappa shape index (κ1) is 15.9. The van der Waals surface area contributed by atoms with Crippen LogP contribution in [0.2, 0.25) is 0 Å². The van der Waals surface area contributed by atoms with E-state index in [1.165, 1.54) is 6.26 Å². The molecule has 0 aliphatic heterocycles. The summed E-state index contributed by atoms with van der Waals surface area (Å²) in [6.45, 7) is 4.46. The molecule has 2 aromatic rings. The van der Waals surface area contributed by atoms with Crippen LogP contribution in [-0.2, 0) is 6.54 Å². The summed E-state index contributed by atoms with van der Waals surface area (Å²) >= 11 is 0. The average molecular weight is 301 g/mol. The highest BCUT2D eigenvalue weighted by atomic mass is 16.3. The molecule has 0 bridgehead atoms. The van der Waals surface area contributed by atoms with Gasteiger partial charge in [0.15, 0.2) is 5.76 Å². The zero-order valence-corrected chi connectivity index (χ0v) is 13.5. The van der Waals surface area contributed by atoms with Crippen LogP contribution in [0.1, 0.15) is 30.0 Å². The number of carbonyl (C=O) groups is 1. The molecule has 0 unspecified atom stereocenters. The summed E-state index contributed by atoms with van der Waals surface area (Å²) in [5, 5.41) is 0. The smallest absolute Gasteiger partial charge is 0.290 e. The standard InChI is InChI=1S/C17H23N3O2/c1-12(2)20(17(21)16-6-5-9-22-16)11-13-10-14(18)7-8-15(13)19(3)4/h5-10,12H,11,18H2,1-4H3. The second-order valence-electron chi connectivity index (χ2n) is 5.79. The molecular formula is C17H23N3O2. The number of nitrogens with zero attached hydrogens (tertiary/aromatic N) is 2. The number of benzene rings is 1. The molecule has 118 valence electrons. The normalized spacial score (nSPS) is 10.8. The molecule has 0 radical (unpaired) electrons. The number of amides is 1. The fourth-order valence-corrected chi connectivity index (χ4v) is 2.38. The Balaban J connectivity index is 2.33. The fraction of sp³-hybridized carbons (Fsp3) is 0.353. The Labute approximate surface area is 131 Å². The topological polar surface area (TPSA) is 62.7 Å². The highest BCUT2D eigenvalue weighted by Crippen LogP contribution is 2.24. The largest absolute Gasteiger partial charge is 0.459 e. The molecule has 5 heteroatoms. The minimum absolute atomic E-state index is 0.0500. The van der Waals surface area contributed by atoms with Crippen LogP contribution in [0.5, 0.6) is 0 Å². The van der Waals surface area contributed by atoms with Crippen molar-refractivity contribution in [2.75, 3.05) is 24.7 Å². The van der Waals surface area contributed by atoms with Gasteiger partial charge in [-0.15, -0.1) is 0 Å². The van der Waals surface area contributed by atoms with Gasteiger partial charge in [0.05, 0.1) is 6.26 Å². The van der Waals surface area contributed by atoms with Gasteiger partial charge in [-0.25, -0.2) is 0 Å². The lowest BCUT2D eigenvalue weighted by molar-refractivity contribution is 0.0658. The molecule has 0 aliphatic rings. The summed E-state index contributed by atoms with van der Waals surface area (Å²) in [4.78, 5) is 16.4. The minimum Gasteiger partial charge on any atom is -0.459 e. The minimum atomic E-state index is -0.118. The third-order valence-corrected chi connectivity index (χ3v) is 3.54. The van der Waals surface area contributed by atoms with Crippen molar-refractivity contribution >= 4 is 17.3 Å². The molecule has 1 heterocycles. The van der Waals surface area contributed by atoms with E-state index in [9.17, 15) is 4.79 Å². The van der Waals surface area contributed by atoms with Crippen LogP contribution >= 0.6 is 0 Å². The van der Waals surface area contributed by atoms with Gasteiger partial charge in [0.1, 0.15) is 0 Å². The molecule has 1 aromatic carbocycles. The van der Waals surface area contributed by atoms with E-state index in [1.54, 1.807) is 17.0 Å². The van der Waals surface area contributed by atoms with Crippen molar-refractivity contribution < 1.29 is 9.21 Å². The summed E-state index contributed by atoms with van der Waals surface area (Å²) in [7, 11) is 3.95. The molecule has 1 amide bonds. The maximum Gasteiger partial charge on any atom is 0.290 e. The lowest BCUT2D eigenvalue weighted by Crippen LogP contribution is -2.36. The molecule has 0 saturated heterocycles. The monoisotopic (exact) mass is 301 g/mol. The Morgan fingerprint density at radius 3 is 2.55 bits per heavy atom. The number of rotatable bonds is 5. The molecule has 2 rings (SSSR count). The molecule has 1 aromatic heterocycles. The molecule has 0 atom stereocenters. The molecule has 22 heavy (non-hydrogen) atoms. The summed E-state index contributed by atoms with van der Waals surface area (Å²) in [6, 6.07) is 9.21. The zero-order valence-electron chi connectivity index (χ0n) is 13.5. The van der Waals surface area contributed by atoms with E-state index in [-0.39, 0.29) is 11.9 Å². The van der Waals surface area contributed by atoms with Gasteiger partial charge < -0.3 is 20.0 Å². The van der Waals surface area contributed by atoms with E-state index >= 15 is 0 Å².